The number of ether oxygens (including phenoxy) is 1. The second-order valence-corrected chi connectivity index (χ2v) is 4.64. The fourth-order valence-corrected chi connectivity index (χ4v) is 2.37. The lowest BCUT2D eigenvalue weighted by Crippen LogP contribution is -2.04. The van der Waals surface area contributed by atoms with Gasteiger partial charge in [-0.2, -0.15) is 0 Å². The molecule has 0 unspecified atom stereocenters. The number of rotatable bonds is 3. The zero-order valence-electron chi connectivity index (χ0n) is 7.31. The fraction of sp³-hybridized carbons (Fsp3) is 0.222. The molecule has 0 amide bonds. The maximum Gasteiger partial charge on any atom is 0.178 e. The molecule has 0 atom stereocenters. The Morgan fingerprint density at radius 1 is 1.64 bits per heavy atom. The van der Waals surface area contributed by atoms with E-state index in [1.165, 1.54) is 0 Å². The van der Waals surface area contributed by atoms with Crippen LogP contribution in [-0.2, 0) is 0 Å². The lowest BCUT2D eigenvalue weighted by atomic mass is 10.1. The summed E-state index contributed by atoms with van der Waals surface area (Å²) < 4.78 is 6.71. The quantitative estimate of drug-likeness (QED) is 0.450. The van der Waals surface area contributed by atoms with E-state index in [2.05, 4.69) is 38.5 Å². The summed E-state index contributed by atoms with van der Waals surface area (Å²) in [6.07, 6.45) is 0. The lowest BCUT2D eigenvalue weighted by Gasteiger charge is -2.08. The predicted molar refractivity (Wildman–Crippen MR) is 68.5 cm³/mol. The normalized spacial score (nSPS) is 10.0. The van der Waals surface area contributed by atoms with Crippen LogP contribution in [-0.4, -0.2) is 18.8 Å². The van der Waals surface area contributed by atoms with Crippen molar-refractivity contribution in [2.45, 2.75) is 0 Å². The Kier molecular flexibility index (Phi) is 4.66. The number of ketones is 1. The highest BCUT2D eigenvalue weighted by Gasteiger charge is 2.14. The fourth-order valence-electron chi connectivity index (χ4n) is 0.977. The molecule has 1 rings (SSSR count). The minimum absolute atomic E-state index is 0.00519. The van der Waals surface area contributed by atoms with Crippen LogP contribution in [0.25, 0.3) is 0 Å². The molecule has 0 aliphatic carbocycles. The smallest absolute Gasteiger partial charge is 0.178 e. The summed E-state index contributed by atoms with van der Waals surface area (Å²) in [6.45, 7) is 0. The second-order valence-electron chi connectivity index (χ2n) is 2.50. The average Bonchev–Trinajstić information content (AvgIpc) is 2.21. The number of benzene rings is 1. The monoisotopic (exact) mass is 388 g/mol. The van der Waals surface area contributed by atoms with Gasteiger partial charge in [-0.3, -0.25) is 4.79 Å². The van der Waals surface area contributed by atoms with Crippen LogP contribution in [0, 0.1) is 3.57 Å². The first-order valence-electron chi connectivity index (χ1n) is 3.73. The standard InChI is InChI=1S/C9H7BrClIO2/c1-14-7-3-2-5(6(13)4-11)9(12)8(7)10/h2-3H,4H2,1H3. The molecule has 0 N–H and O–H groups in total. The van der Waals surface area contributed by atoms with Gasteiger partial charge in [-0.05, 0) is 50.7 Å². The molecule has 0 aliphatic rings. The van der Waals surface area contributed by atoms with Crippen molar-refractivity contribution >= 4 is 55.9 Å². The molecule has 2 nitrogen and oxygen atoms in total. The lowest BCUT2D eigenvalue weighted by molar-refractivity contribution is 0.102. The maximum absolute atomic E-state index is 11.4. The van der Waals surface area contributed by atoms with Crippen LogP contribution in [0.4, 0.5) is 0 Å². The minimum atomic E-state index is -0.0839. The van der Waals surface area contributed by atoms with E-state index >= 15 is 0 Å². The number of Topliss-reactive ketones (excluding diaryl/α,β-unsaturated/α-hetero) is 1. The van der Waals surface area contributed by atoms with Gasteiger partial charge in [0.15, 0.2) is 5.78 Å². The SMILES string of the molecule is COc1ccc(C(=O)CCl)c(I)c1Br. The van der Waals surface area contributed by atoms with E-state index in [1.807, 2.05) is 0 Å². The number of carbonyl (C=O) groups excluding carboxylic acids is 1. The first-order valence-corrected chi connectivity index (χ1v) is 6.13. The number of hydrogen-bond acceptors (Lipinski definition) is 2. The molecule has 0 bridgehead atoms. The van der Waals surface area contributed by atoms with Crippen molar-refractivity contribution in [2.75, 3.05) is 13.0 Å². The molecule has 0 heterocycles. The number of hydrogen-bond donors (Lipinski definition) is 0. The number of halogens is 3. The summed E-state index contributed by atoms with van der Waals surface area (Å²) in [5.74, 6) is 0.620. The minimum Gasteiger partial charge on any atom is -0.496 e. The van der Waals surface area contributed by atoms with Crippen molar-refractivity contribution < 1.29 is 9.53 Å². The van der Waals surface area contributed by atoms with Gasteiger partial charge in [0, 0.05) is 9.13 Å². The molecule has 0 aliphatic heterocycles. The average molecular weight is 389 g/mol. The first kappa shape index (κ1) is 12.3. The van der Waals surface area contributed by atoms with Gasteiger partial charge in [0.05, 0.1) is 17.5 Å². The van der Waals surface area contributed by atoms with Gasteiger partial charge in [-0.25, -0.2) is 0 Å². The third-order valence-corrected chi connectivity index (χ3v) is 4.58. The Balaban J connectivity index is 3.24. The van der Waals surface area contributed by atoms with Crippen LogP contribution in [0.2, 0.25) is 0 Å². The van der Waals surface area contributed by atoms with Gasteiger partial charge in [-0.15, -0.1) is 11.6 Å². The van der Waals surface area contributed by atoms with Crippen molar-refractivity contribution in [1.29, 1.82) is 0 Å². The molecule has 0 saturated carbocycles. The Morgan fingerprint density at radius 2 is 2.29 bits per heavy atom. The molecule has 1 aromatic carbocycles. The van der Waals surface area contributed by atoms with Crippen LogP contribution in [0.5, 0.6) is 5.75 Å². The molecule has 1 aromatic rings. The summed E-state index contributed by atoms with van der Waals surface area (Å²) in [5, 5.41) is 0. The highest BCUT2D eigenvalue weighted by Crippen LogP contribution is 2.32. The van der Waals surface area contributed by atoms with Crippen LogP contribution < -0.4 is 4.74 Å². The molecule has 0 spiro atoms. The Morgan fingerprint density at radius 3 is 2.79 bits per heavy atom. The van der Waals surface area contributed by atoms with Crippen molar-refractivity contribution in [2.24, 2.45) is 0 Å². The molecule has 14 heavy (non-hydrogen) atoms. The predicted octanol–water partition coefficient (Wildman–Crippen LogP) is 3.48. The van der Waals surface area contributed by atoms with E-state index in [-0.39, 0.29) is 11.7 Å². The summed E-state index contributed by atoms with van der Waals surface area (Å²) >= 11 is 10.9. The van der Waals surface area contributed by atoms with Gasteiger partial charge in [0.2, 0.25) is 0 Å². The van der Waals surface area contributed by atoms with Crippen LogP contribution in [0.3, 0.4) is 0 Å². The van der Waals surface area contributed by atoms with E-state index in [0.29, 0.717) is 11.3 Å². The van der Waals surface area contributed by atoms with Gasteiger partial charge < -0.3 is 4.74 Å². The molecule has 0 saturated heterocycles. The van der Waals surface area contributed by atoms with Crippen molar-refractivity contribution in [1.82, 2.24) is 0 Å². The molecular formula is C9H7BrClIO2. The summed E-state index contributed by atoms with van der Waals surface area (Å²) in [7, 11) is 1.58. The summed E-state index contributed by atoms with van der Waals surface area (Å²) in [6, 6.07) is 3.46. The van der Waals surface area contributed by atoms with Crippen LogP contribution in [0.15, 0.2) is 16.6 Å². The highest BCUT2D eigenvalue weighted by molar-refractivity contribution is 14.1. The maximum atomic E-state index is 11.4. The first-order chi connectivity index (χ1) is 6.61. The summed E-state index contributed by atoms with van der Waals surface area (Å²) in [4.78, 5) is 11.4. The Labute approximate surface area is 109 Å². The summed E-state index contributed by atoms with van der Waals surface area (Å²) in [5.41, 5.74) is 0.619. The number of methoxy groups -OCH3 is 1. The van der Waals surface area contributed by atoms with E-state index in [9.17, 15) is 4.79 Å². The molecule has 0 fully saturated rings. The van der Waals surface area contributed by atoms with Gasteiger partial charge in [0.1, 0.15) is 5.75 Å². The van der Waals surface area contributed by atoms with E-state index < -0.39 is 0 Å². The van der Waals surface area contributed by atoms with E-state index in [4.69, 9.17) is 16.3 Å². The van der Waals surface area contributed by atoms with Gasteiger partial charge in [0.25, 0.3) is 0 Å². The van der Waals surface area contributed by atoms with Gasteiger partial charge >= 0.3 is 0 Å². The molecule has 0 radical (unpaired) electrons. The Hall–Kier alpha value is 0.190. The molecular weight excluding hydrogens is 382 g/mol. The highest BCUT2D eigenvalue weighted by atomic mass is 127. The molecule has 5 heteroatoms. The topological polar surface area (TPSA) is 26.3 Å². The Bertz CT molecular complexity index is 368. The van der Waals surface area contributed by atoms with Crippen LogP contribution >= 0.6 is 50.1 Å². The third kappa shape index (κ3) is 2.41. The van der Waals surface area contributed by atoms with Crippen LogP contribution in [0.1, 0.15) is 10.4 Å². The van der Waals surface area contributed by atoms with Crippen molar-refractivity contribution in [3.8, 4) is 5.75 Å². The largest absolute Gasteiger partial charge is 0.496 e. The number of alkyl halides is 1. The third-order valence-electron chi connectivity index (χ3n) is 1.69. The number of carbonyl (C=O) groups is 1. The van der Waals surface area contributed by atoms with E-state index in [1.54, 1.807) is 19.2 Å². The van der Waals surface area contributed by atoms with E-state index in [0.717, 1.165) is 8.04 Å². The second kappa shape index (κ2) is 5.32. The zero-order valence-corrected chi connectivity index (χ0v) is 11.8. The zero-order chi connectivity index (χ0) is 10.7. The van der Waals surface area contributed by atoms with Gasteiger partial charge in [-0.1, -0.05) is 0 Å². The van der Waals surface area contributed by atoms with Crippen molar-refractivity contribution in [3.05, 3.63) is 25.7 Å². The molecule has 0 aromatic heterocycles. The molecule has 76 valence electrons. The van der Waals surface area contributed by atoms with Crippen molar-refractivity contribution in [3.63, 3.8) is 0 Å².